The maximum atomic E-state index is 5.57. The normalized spacial score (nSPS) is 15.2. The van der Waals surface area contributed by atoms with Gasteiger partial charge in [0.15, 0.2) is 0 Å². The van der Waals surface area contributed by atoms with Crippen molar-refractivity contribution in [2.45, 2.75) is 91.8 Å². The Labute approximate surface area is 173 Å². The van der Waals surface area contributed by atoms with Crippen molar-refractivity contribution in [3.8, 4) is 0 Å². The molecular weight excluding hydrogens is 344 g/mol. The van der Waals surface area contributed by atoms with Crippen LogP contribution in [0.15, 0.2) is 11.6 Å². The van der Waals surface area contributed by atoms with Crippen LogP contribution in [0.5, 0.6) is 0 Å². The van der Waals surface area contributed by atoms with Crippen molar-refractivity contribution < 1.29 is 9.47 Å². The van der Waals surface area contributed by atoms with E-state index in [2.05, 4.69) is 52.8 Å². The molecule has 0 saturated carbocycles. The van der Waals surface area contributed by atoms with Crippen molar-refractivity contribution in [1.82, 2.24) is 0 Å². The smallest absolute Gasteiger partial charge is 0.0546 e. The highest BCUT2D eigenvalue weighted by molar-refractivity contribution is 5.72. The molecule has 0 heterocycles. The third kappa shape index (κ3) is 5.58. The Morgan fingerprint density at radius 1 is 1.00 bits per heavy atom. The van der Waals surface area contributed by atoms with Gasteiger partial charge in [0, 0.05) is 14.2 Å². The molecule has 2 atom stereocenters. The fourth-order valence-electron chi connectivity index (χ4n) is 4.30. The van der Waals surface area contributed by atoms with E-state index in [1.807, 2.05) is 14.2 Å². The average Bonchev–Trinajstić information content (AvgIpc) is 2.69. The number of hydrogen-bond acceptors (Lipinski definition) is 2. The molecule has 156 valence electrons. The topological polar surface area (TPSA) is 18.5 Å². The molecule has 0 N–H and O–H groups in total. The highest BCUT2D eigenvalue weighted by Gasteiger charge is 2.22. The second kappa shape index (κ2) is 11.0. The minimum Gasteiger partial charge on any atom is -0.382 e. The Morgan fingerprint density at radius 3 is 2.14 bits per heavy atom. The molecule has 0 aromatic heterocycles. The van der Waals surface area contributed by atoms with Gasteiger partial charge in [-0.15, -0.1) is 0 Å². The van der Waals surface area contributed by atoms with E-state index in [1.165, 1.54) is 28.7 Å². The molecule has 1 aromatic carbocycles. The van der Waals surface area contributed by atoms with Gasteiger partial charge in [-0.2, -0.15) is 0 Å². The van der Waals surface area contributed by atoms with E-state index >= 15 is 0 Å². The maximum absolute atomic E-state index is 5.57. The monoisotopic (exact) mass is 384 g/mol. The van der Waals surface area contributed by atoms with Crippen LogP contribution in [0.3, 0.4) is 0 Å². The second-order valence-corrected chi connectivity index (χ2v) is 8.43. The lowest BCUT2D eigenvalue weighted by molar-refractivity contribution is 0.110. The lowest BCUT2D eigenvalue weighted by atomic mass is 9.78. The molecule has 0 aliphatic heterocycles. The molecule has 0 spiro atoms. The van der Waals surface area contributed by atoms with E-state index in [0.29, 0.717) is 0 Å². The summed E-state index contributed by atoms with van der Waals surface area (Å²) in [6.45, 7) is 11.1. The fraction of sp³-hybridized carbons (Fsp3) is 0.615. The minimum absolute atomic E-state index is 0.280. The Morgan fingerprint density at radius 2 is 1.61 bits per heavy atom. The predicted molar refractivity (Wildman–Crippen MR) is 122 cm³/mol. The average molecular weight is 385 g/mol. The Balaban J connectivity index is 2.66. The van der Waals surface area contributed by atoms with E-state index in [9.17, 15) is 0 Å². The fourth-order valence-corrected chi connectivity index (χ4v) is 4.30. The molecule has 2 heteroatoms. The molecule has 1 aliphatic rings. The third-order valence-electron chi connectivity index (χ3n) is 6.07. The molecule has 1 aliphatic carbocycles. The molecule has 0 bridgehead atoms. The molecule has 0 saturated heterocycles. The molecule has 0 fully saturated rings. The van der Waals surface area contributed by atoms with Crippen LogP contribution in [-0.2, 0) is 35.2 Å². The zero-order valence-electron chi connectivity index (χ0n) is 19.2. The van der Waals surface area contributed by atoms with Gasteiger partial charge < -0.3 is 9.47 Å². The van der Waals surface area contributed by atoms with Crippen molar-refractivity contribution in [3.63, 3.8) is 0 Å². The molecule has 2 nitrogen and oxygen atoms in total. The summed E-state index contributed by atoms with van der Waals surface area (Å²) in [6, 6.07) is 0. The number of hydrogen-bond donors (Lipinski definition) is 0. The maximum Gasteiger partial charge on any atom is 0.0546 e. The van der Waals surface area contributed by atoms with Gasteiger partial charge in [0.1, 0.15) is 0 Å². The number of allylic oxidation sites excluding steroid dienone is 2. The van der Waals surface area contributed by atoms with Crippen LogP contribution < -0.4 is 0 Å². The van der Waals surface area contributed by atoms with Gasteiger partial charge in [0.05, 0.1) is 12.2 Å². The van der Waals surface area contributed by atoms with E-state index in [0.717, 1.165) is 38.5 Å². The van der Waals surface area contributed by atoms with Gasteiger partial charge in [-0.05, 0) is 106 Å². The SMILES string of the molecule is CCc1c(C=C(C)C)c(CCC(C)OC)c(CCC(C)OC)c2c1CCC=C2. The van der Waals surface area contributed by atoms with Crippen LogP contribution in [0.1, 0.15) is 87.3 Å². The first kappa shape index (κ1) is 22.9. The summed E-state index contributed by atoms with van der Waals surface area (Å²) in [4.78, 5) is 0. The van der Waals surface area contributed by atoms with Crippen LogP contribution in [0.4, 0.5) is 0 Å². The molecule has 28 heavy (non-hydrogen) atoms. The predicted octanol–water partition coefficient (Wildman–Crippen LogP) is 6.57. The summed E-state index contributed by atoms with van der Waals surface area (Å²) in [5.74, 6) is 0. The Bertz CT molecular complexity index is 708. The number of methoxy groups -OCH3 is 2. The second-order valence-electron chi connectivity index (χ2n) is 8.43. The van der Waals surface area contributed by atoms with Crippen molar-refractivity contribution >= 4 is 12.2 Å². The lowest BCUT2D eigenvalue weighted by Crippen LogP contribution is -2.15. The Hall–Kier alpha value is -1.38. The van der Waals surface area contributed by atoms with Crippen molar-refractivity contribution in [1.29, 1.82) is 0 Å². The van der Waals surface area contributed by atoms with Crippen LogP contribution >= 0.6 is 0 Å². The highest BCUT2D eigenvalue weighted by Crippen LogP contribution is 2.36. The van der Waals surface area contributed by atoms with E-state index < -0.39 is 0 Å². The lowest BCUT2D eigenvalue weighted by Gasteiger charge is -2.27. The van der Waals surface area contributed by atoms with Crippen molar-refractivity contribution in [2.24, 2.45) is 0 Å². The summed E-state index contributed by atoms with van der Waals surface area (Å²) >= 11 is 0. The zero-order chi connectivity index (χ0) is 20.7. The molecule has 2 unspecified atom stereocenters. The quantitative estimate of drug-likeness (QED) is 0.454. The summed E-state index contributed by atoms with van der Waals surface area (Å²) < 4.78 is 11.1. The van der Waals surface area contributed by atoms with Gasteiger partial charge in [0.25, 0.3) is 0 Å². The molecule has 0 amide bonds. The molecular formula is C26H40O2. The van der Waals surface area contributed by atoms with E-state index in [-0.39, 0.29) is 12.2 Å². The Kier molecular flexibility index (Phi) is 8.98. The summed E-state index contributed by atoms with van der Waals surface area (Å²) in [6.07, 6.45) is 15.4. The summed E-state index contributed by atoms with van der Waals surface area (Å²) in [5.41, 5.74) is 10.6. The number of benzene rings is 1. The zero-order valence-corrected chi connectivity index (χ0v) is 19.2. The number of rotatable bonds is 10. The van der Waals surface area contributed by atoms with Gasteiger partial charge >= 0.3 is 0 Å². The van der Waals surface area contributed by atoms with Crippen molar-refractivity contribution in [3.05, 3.63) is 45.0 Å². The van der Waals surface area contributed by atoms with Crippen LogP contribution in [0, 0.1) is 0 Å². The van der Waals surface area contributed by atoms with Crippen LogP contribution in [0.25, 0.3) is 12.2 Å². The molecule has 2 rings (SSSR count). The molecule has 1 aromatic rings. The number of fused-ring (bicyclic) bond motifs is 1. The van der Waals surface area contributed by atoms with E-state index in [1.54, 1.807) is 16.7 Å². The van der Waals surface area contributed by atoms with Gasteiger partial charge in [0.2, 0.25) is 0 Å². The van der Waals surface area contributed by atoms with E-state index in [4.69, 9.17) is 9.47 Å². The van der Waals surface area contributed by atoms with Crippen molar-refractivity contribution in [2.75, 3.05) is 14.2 Å². The first-order valence-corrected chi connectivity index (χ1v) is 11.0. The largest absolute Gasteiger partial charge is 0.382 e. The first-order chi connectivity index (χ1) is 13.4. The van der Waals surface area contributed by atoms with Crippen LogP contribution in [-0.4, -0.2) is 26.4 Å². The van der Waals surface area contributed by atoms with Crippen LogP contribution in [0.2, 0.25) is 0 Å². The highest BCUT2D eigenvalue weighted by atomic mass is 16.5. The first-order valence-electron chi connectivity index (χ1n) is 11.0. The van der Waals surface area contributed by atoms with Gasteiger partial charge in [-0.1, -0.05) is 30.7 Å². The minimum atomic E-state index is 0.280. The number of ether oxygens (including phenoxy) is 2. The third-order valence-corrected chi connectivity index (χ3v) is 6.07. The summed E-state index contributed by atoms with van der Waals surface area (Å²) in [5, 5.41) is 0. The van der Waals surface area contributed by atoms with Gasteiger partial charge in [-0.3, -0.25) is 0 Å². The summed E-state index contributed by atoms with van der Waals surface area (Å²) in [7, 11) is 3.63. The molecule has 0 radical (unpaired) electrons. The standard InChI is InChI=1S/C26H40O2/c1-8-21-22-11-9-10-12-23(22)24(15-13-19(4)27-6)25(16-14-20(5)28-7)26(21)17-18(2)3/h10,12,17,19-20H,8-9,11,13-16H2,1-7H3. The van der Waals surface area contributed by atoms with Gasteiger partial charge in [-0.25, -0.2) is 0 Å².